The fourth-order valence-corrected chi connectivity index (χ4v) is 7.26. The Balaban J connectivity index is 1.73. The van der Waals surface area contributed by atoms with Gasteiger partial charge in [-0.2, -0.15) is 0 Å². The summed E-state index contributed by atoms with van der Waals surface area (Å²) in [5, 5.41) is 22.8. The summed E-state index contributed by atoms with van der Waals surface area (Å²) in [7, 11) is 0. The number of carbonyl (C=O) groups excluding carboxylic acids is 3. The van der Waals surface area contributed by atoms with E-state index in [2.05, 4.69) is 0 Å². The molecule has 0 amide bonds. The van der Waals surface area contributed by atoms with Crippen molar-refractivity contribution in [3.8, 4) is 0 Å². The van der Waals surface area contributed by atoms with Gasteiger partial charge in [-0.15, -0.1) is 0 Å². The molecule has 4 aliphatic carbocycles. The lowest BCUT2D eigenvalue weighted by molar-refractivity contribution is -0.219. The van der Waals surface area contributed by atoms with Crippen molar-refractivity contribution in [1.82, 2.24) is 0 Å². The zero-order valence-electron chi connectivity index (χ0n) is 18.5. The number of esters is 1. The van der Waals surface area contributed by atoms with Crippen molar-refractivity contribution in [2.45, 2.75) is 83.3 Å². The van der Waals surface area contributed by atoms with Crippen LogP contribution in [-0.2, 0) is 19.1 Å². The van der Waals surface area contributed by atoms with Crippen LogP contribution in [0.2, 0.25) is 0 Å². The van der Waals surface area contributed by atoms with E-state index in [1.54, 1.807) is 19.9 Å². The number of alkyl halides is 1. The molecular weight excluding hydrogens is 403 g/mol. The van der Waals surface area contributed by atoms with Crippen LogP contribution >= 0.6 is 0 Å². The standard InChI is InChI=1S/C24H31FO6/c1-13(31-14(2)26)20(29)23(30)10-8-17-18-6-5-15-11-16(27)7-9-21(15,3)24(18,25)19(28)12-22(17,23)4/h7,9,11,13,17-19,28,30H,5-6,8,10,12H2,1-4H3/t13?,17-,18-,19?,21-,22-,23?,24-/m0/s1. The highest BCUT2D eigenvalue weighted by molar-refractivity contribution is 6.01. The van der Waals surface area contributed by atoms with Crippen LogP contribution in [0.25, 0.3) is 0 Å². The molecule has 0 aliphatic heterocycles. The highest BCUT2D eigenvalue weighted by Gasteiger charge is 2.74. The Morgan fingerprint density at radius 3 is 2.58 bits per heavy atom. The minimum Gasteiger partial charge on any atom is -0.455 e. The van der Waals surface area contributed by atoms with Gasteiger partial charge in [-0.3, -0.25) is 14.4 Å². The molecule has 7 heteroatoms. The number of hydrogen-bond donors (Lipinski definition) is 2. The summed E-state index contributed by atoms with van der Waals surface area (Å²) in [5.41, 5.74) is -5.29. The molecule has 0 spiro atoms. The third-order valence-electron chi connectivity index (χ3n) is 8.91. The van der Waals surface area contributed by atoms with Crippen molar-refractivity contribution in [3.63, 3.8) is 0 Å². The smallest absolute Gasteiger partial charge is 0.303 e. The van der Waals surface area contributed by atoms with Crippen LogP contribution in [-0.4, -0.2) is 51.2 Å². The van der Waals surface area contributed by atoms with Crippen LogP contribution in [0.5, 0.6) is 0 Å². The Labute approximate surface area is 181 Å². The second-order valence-electron chi connectivity index (χ2n) is 10.3. The minimum atomic E-state index is -2.01. The fraction of sp³-hybridized carbons (Fsp3) is 0.708. The average Bonchev–Trinajstić information content (AvgIpc) is 2.94. The second kappa shape index (κ2) is 6.82. The summed E-state index contributed by atoms with van der Waals surface area (Å²) in [6.45, 7) is 6.11. The molecule has 0 heterocycles. The highest BCUT2D eigenvalue weighted by atomic mass is 19.1. The van der Waals surface area contributed by atoms with Crippen molar-refractivity contribution < 1.29 is 33.7 Å². The molecule has 31 heavy (non-hydrogen) atoms. The van der Waals surface area contributed by atoms with E-state index in [0.717, 1.165) is 0 Å². The van der Waals surface area contributed by atoms with Crippen molar-refractivity contribution >= 4 is 17.5 Å². The average molecular weight is 435 g/mol. The molecule has 0 radical (unpaired) electrons. The predicted molar refractivity (Wildman–Crippen MR) is 110 cm³/mol. The maximum Gasteiger partial charge on any atom is 0.303 e. The Hall–Kier alpha value is -1.86. The van der Waals surface area contributed by atoms with Gasteiger partial charge in [-0.25, -0.2) is 4.39 Å². The lowest BCUT2D eigenvalue weighted by Crippen LogP contribution is -2.69. The first kappa shape index (κ1) is 22.3. The molecule has 0 aromatic rings. The molecule has 6 nitrogen and oxygen atoms in total. The van der Waals surface area contributed by atoms with Crippen LogP contribution in [0.3, 0.4) is 0 Å². The van der Waals surface area contributed by atoms with E-state index >= 15 is 4.39 Å². The summed E-state index contributed by atoms with van der Waals surface area (Å²) in [5.74, 6) is -2.30. The van der Waals surface area contributed by atoms with Gasteiger partial charge in [0, 0.05) is 23.7 Å². The number of aliphatic hydroxyl groups is 2. The van der Waals surface area contributed by atoms with E-state index in [1.165, 1.54) is 26.0 Å². The maximum atomic E-state index is 17.0. The van der Waals surface area contributed by atoms with Crippen LogP contribution in [0.4, 0.5) is 4.39 Å². The third kappa shape index (κ3) is 2.72. The van der Waals surface area contributed by atoms with E-state index in [0.29, 0.717) is 24.8 Å². The Morgan fingerprint density at radius 1 is 1.26 bits per heavy atom. The first-order chi connectivity index (χ1) is 14.3. The van der Waals surface area contributed by atoms with E-state index in [4.69, 9.17) is 4.74 Å². The number of hydrogen-bond acceptors (Lipinski definition) is 6. The fourth-order valence-electron chi connectivity index (χ4n) is 7.26. The van der Waals surface area contributed by atoms with Crippen molar-refractivity contribution in [2.75, 3.05) is 0 Å². The van der Waals surface area contributed by atoms with Gasteiger partial charge in [0.1, 0.15) is 5.60 Å². The zero-order chi connectivity index (χ0) is 23.0. The number of allylic oxidation sites excluding steroid dienone is 4. The monoisotopic (exact) mass is 434 g/mol. The summed E-state index contributed by atoms with van der Waals surface area (Å²) >= 11 is 0. The summed E-state index contributed by atoms with van der Waals surface area (Å²) in [6, 6.07) is 0. The minimum absolute atomic E-state index is 0.0929. The topological polar surface area (TPSA) is 101 Å². The van der Waals surface area contributed by atoms with Crippen LogP contribution < -0.4 is 0 Å². The number of carbonyl (C=O) groups is 3. The Kier molecular flexibility index (Phi) is 4.91. The van der Waals surface area contributed by atoms with Gasteiger partial charge in [-0.05, 0) is 64.0 Å². The summed E-state index contributed by atoms with van der Waals surface area (Å²) in [6.07, 6.45) is 3.31. The van der Waals surface area contributed by atoms with Crippen LogP contribution in [0.1, 0.15) is 59.8 Å². The van der Waals surface area contributed by atoms with Crippen LogP contribution in [0, 0.1) is 22.7 Å². The number of ether oxygens (including phenoxy) is 1. The Morgan fingerprint density at radius 2 is 1.94 bits per heavy atom. The van der Waals surface area contributed by atoms with Crippen molar-refractivity contribution in [3.05, 3.63) is 23.8 Å². The number of halogens is 1. The lowest BCUT2D eigenvalue weighted by Gasteiger charge is -2.62. The molecule has 170 valence electrons. The zero-order valence-corrected chi connectivity index (χ0v) is 18.5. The number of Topliss-reactive ketones (excluding diaryl/α,β-unsaturated/α-hetero) is 1. The molecule has 0 bridgehead atoms. The Bertz CT molecular complexity index is 910. The number of fused-ring (bicyclic) bond motifs is 5. The first-order valence-electron chi connectivity index (χ1n) is 11.1. The number of aliphatic hydroxyl groups excluding tert-OH is 1. The van der Waals surface area contributed by atoms with Gasteiger partial charge in [0.25, 0.3) is 0 Å². The van der Waals surface area contributed by atoms with E-state index < -0.39 is 52.0 Å². The van der Waals surface area contributed by atoms with E-state index in [1.807, 2.05) is 0 Å². The predicted octanol–water partition coefficient (Wildman–Crippen LogP) is 2.61. The summed E-state index contributed by atoms with van der Waals surface area (Å²) < 4.78 is 22.0. The molecule has 4 rings (SSSR count). The quantitative estimate of drug-likeness (QED) is 0.663. The van der Waals surface area contributed by atoms with E-state index in [-0.39, 0.29) is 24.5 Å². The largest absolute Gasteiger partial charge is 0.455 e. The van der Waals surface area contributed by atoms with Gasteiger partial charge < -0.3 is 14.9 Å². The molecule has 0 aromatic carbocycles. The SMILES string of the molecule is CC(=O)OC(C)C(=O)C1(O)CC[C@H]2[C@@H]3CCC4=CC(=O)C=C[C@]4(C)[C@@]3(F)C(O)C[C@@]21C. The molecule has 3 fully saturated rings. The molecule has 0 saturated heterocycles. The molecule has 2 N–H and O–H groups in total. The van der Waals surface area contributed by atoms with Gasteiger partial charge in [0.2, 0.25) is 5.78 Å². The maximum absolute atomic E-state index is 17.0. The van der Waals surface area contributed by atoms with Crippen LogP contribution in [0.15, 0.2) is 23.8 Å². The second-order valence-corrected chi connectivity index (χ2v) is 10.3. The first-order valence-corrected chi connectivity index (χ1v) is 11.1. The van der Waals surface area contributed by atoms with Crippen molar-refractivity contribution in [2.24, 2.45) is 22.7 Å². The highest BCUT2D eigenvalue weighted by Crippen LogP contribution is 2.69. The summed E-state index contributed by atoms with van der Waals surface area (Å²) in [4.78, 5) is 36.4. The van der Waals surface area contributed by atoms with Gasteiger partial charge >= 0.3 is 5.97 Å². The molecule has 4 aliphatic rings. The van der Waals surface area contributed by atoms with Gasteiger partial charge in [-0.1, -0.05) is 18.6 Å². The molecule has 0 aromatic heterocycles. The van der Waals surface area contributed by atoms with Crippen molar-refractivity contribution in [1.29, 1.82) is 0 Å². The third-order valence-corrected chi connectivity index (χ3v) is 8.91. The van der Waals surface area contributed by atoms with E-state index in [9.17, 15) is 24.6 Å². The van der Waals surface area contributed by atoms with Gasteiger partial charge in [0.05, 0.1) is 6.10 Å². The number of rotatable bonds is 3. The number of ketones is 2. The normalized spacial score (nSPS) is 47.0. The molecule has 3 unspecified atom stereocenters. The molecule has 8 atom stereocenters. The molecular formula is C24H31FO6. The lowest BCUT2D eigenvalue weighted by atomic mass is 9.44. The molecule has 3 saturated carbocycles. The van der Waals surface area contributed by atoms with Gasteiger partial charge in [0.15, 0.2) is 17.6 Å².